The van der Waals surface area contributed by atoms with Crippen molar-refractivity contribution in [2.45, 2.75) is 58.3 Å². The van der Waals surface area contributed by atoms with Crippen LogP contribution in [0.1, 0.15) is 58.3 Å². The summed E-state index contributed by atoms with van der Waals surface area (Å²) in [5.74, 6) is -0.450. The molecule has 3 N–H and O–H groups in total. The van der Waals surface area contributed by atoms with Gasteiger partial charge >= 0.3 is 5.97 Å². The van der Waals surface area contributed by atoms with Gasteiger partial charge in [0.2, 0.25) is 11.8 Å². The van der Waals surface area contributed by atoms with Gasteiger partial charge in [0.05, 0.1) is 13.2 Å². The fraction of sp³-hybridized carbons (Fsp3) is 0.550. The summed E-state index contributed by atoms with van der Waals surface area (Å²) in [6, 6.07) is 7.03. The number of anilines is 1. The van der Waals surface area contributed by atoms with Crippen LogP contribution in [0.3, 0.4) is 0 Å². The van der Waals surface area contributed by atoms with E-state index in [1.54, 1.807) is 31.2 Å². The van der Waals surface area contributed by atoms with E-state index in [-0.39, 0.29) is 18.2 Å². The minimum absolute atomic E-state index is 0.0631. The maximum absolute atomic E-state index is 12.0. The number of hydroxylamine groups is 1. The van der Waals surface area contributed by atoms with Crippen LogP contribution in [0.4, 0.5) is 5.69 Å². The number of nitrogens with one attached hydrogen (secondary N) is 2. The Morgan fingerprint density at radius 3 is 2.36 bits per heavy atom. The molecule has 0 aliphatic rings. The number of carboxylic acids is 1. The molecule has 1 rings (SSSR count). The number of carboxylic acid groups (broad SMARTS) is 1. The summed E-state index contributed by atoms with van der Waals surface area (Å²) in [6.07, 6.45) is 4.60. The molecule has 28 heavy (non-hydrogen) atoms. The molecule has 0 spiro atoms. The lowest BCUT2D eigenvalue weighted by Crippen LogP contribution is -2.23. The van der Waals surface area contributed by atoms with Gasteiger partial charge in [0.1, 0.15) is 5.75 Å². The van der Waals surface area contributed by atoms with Gasteiger partial charge in [-0.15, -0.1) is 0 Å². The Morgan fingerprint density at radius 2 is 1.68 bits per heavy atom. The predicted octanol–water partition coefficient (Wildman–Crippen LogP) is 3.28. The molecule has 0 unspecified atom stereocenters. The maximum Gasteiger partial charge on any atom is 0.303 e. The number of hydrogen-bond acceptors (Lipinski definition) is 5. The highest BCUT2D eigenvalue weighted by Gasteiger charge is 2.05. The quantitative estimate of drug-likeness (QED) is 0.311. The third kappa shape index (κ3) is 11.9. The normalized spacial score (nSPS) is 10.3. The van der Waals surface area contributed by atoms with Gasteiger partial charge in [-0.2, -0.15) is 0 Å². The first-order chi connectivity index (χ1) is 13.5. The van der Waals surface area contributed by atoms with Crippen LogP contribution >= 0.6 is 0 Å². The highest BCUT2D eigenvalue weighted by atomic mass is 16.6. The van der Waals surface area contributed by atoms with E-state index in [9.17, 15) is 14.4 Å². The van der Waals surface area contributed by atoms with E-state index < -0.39 is 5.97 Å². The van der Waals surface area contributed by atoms with E-state index in [1.807, 2.05) is 0 Å². The molecule has 0 aliphatic heterocycles. The summed E-state index contributed by atoms with van der Waals surface area (Å²) in [5, 5.41) is 11.4. The lowest BCUT2D eigenvalue weighted by molar-refractivity contribution is -0.137. The van der Waals surface area contributed by atoms with Crippen LogP contribution in [0, 0.1) is 0 Å². The van der Waals surface area contributed by atoms with Crippen molar-refractivity contribution >= 4 is 23.5 Å². The average molecular weight is 394 g/mol. The topological polar surface area (TPSA) is 114 Å². The van der Waals surface area contributed by atoms with Gasteiger partial charge in [0, 0.05) is 31.0 Å². The lowest BCUT2D eigenvalue weighted by Gasteiger charge is -2.09. The molecule has 0 bridgehead atoms. The van der Waals surface area contributed by atoms with Crippen LogP contribution in [0.15, 0.2) is 24.3 Å². The molecule has 0 radical (unpaired) electrons. The summed E-state index contributed by atoms with van der Waals surface area (Å²) >= 11 is 0. The van der Waals surface area contributed by atoms with Crippen LogP contribution in [0.5, 0.6) is 5.75 Å². The number of carbonyl (C=O) groups excluding carboxylic acids is 2. The van der Waals surface area contributed by atoms with Crippen LogP contribution in [-0.2, 0) is 19.2 Å². The molecule has 1 aromatic carbocycles. The highest BCUT2D eigenvalue weighted by Crippen LogP contribution is 2.18. The first-order valence-electron chi connectivity index (χ1n) is 9.66. The number of amides is 2. The van der Waals surface area contributed by atoms with Crippen molar-refractivity contribution in [3.63, 3.8) is 0 Å². The Morgan fingerprint density at radius 1 is 0.964 bits per heavy atom. The summed E-state index contributed by atoms with van der Waals surface area (Å²) in [7, 11) is 0. The molecule has 0 aliphatic carbocycles. The van der Waals surface area contributed by atoms with E-state index in [2.05, 4.69) is 10.8 Å². The number of ether oxygens (including phenoxy) is 1. The summed E-state index contributed by atoms with van der Waals surface area (Å²) < 4.78 is 5.49. The summed E-state index contributed by atoms with van der Waals surface area (Å²) in [4.78, 5) is 38.7. The first kappa shape index (κ1) is 23.4. The molecular weight excluding hydrogens is 364 g/mol. The molecule has 0 atom stereocenters. The van der Waals surface area contributed by atoms with Gasteiger partial charge in [-0.3, -0.25) is 19.2 Å². The molecule has 0 aromatic heterocycles. The van der Waals surface area contributed by atoms with Gasteiger partial charge < -0.3 is 15.2 Å². The molecular formula is C20H30N2O6. The molecule has 0 fully saturated rings. The van der Waals surface area contributed by atoms with Gasteiger partial charge in [-0.05, 0) is 38.3 Å². The largest absolute Gasteiger partial charge is 0.494 e. The Balaban J connectivity index is 2.17. The third-order valence-corrected chi connectivity index (χ3v) is 3.81. The summed E-state index contributed by atoms with van der Waals surface area (Å²) in [6.45, 7) is 2.56. The number of benzene rings is 1. The fourth-order valence-electron chi connectivity index (χ4n) is 2.43. The Labute approximate surface area is 165 Å². The van der Waals surface area contributed by atoms with Crippen molar-refractivity contribution < 1.29 is 29.1 Å². The van der Waals surface area contributed by atoms with Crippen molar-refractivity contribution in [3.8, 4) is 5.75 Å². The van der Waals surface area contributed by atoms with Crippen LogP contribution in [-0.4, -0.2) is 36.1 Å². The van der Waals surface area contributed by atoms with E-state index in [4.69, 9.17) is 14.7 Å². The van der Waals surface area contributed by atoms with E-state index in [1.165, 1.54) is 0 Å². The number of aliphatic carboxylic acids is 1. The molecule has 0 saturated carbocycles. The molecule has 0 heterocycles. The highest BCUT2D eigenvalue weighted by molar-refractivity contribution is 5.90. The van der Waals surface area contributed by atoms with Crippen LogP contribution in [0.25, 0.3) is 0 Å². The zero-order valence-electron chi connectivity index (χ0n) is 16.4. The van der Waals surface area contributed by atoms with E-state index in [0.29, 0.717) is 43.9 Å². The van der Waals surface area contributed by atoms with Crippen molar-refractivity contribution in [3.05, 3.63) is 24.3 Å². The Hall–Kier alpha value is -2.61. The second kappa shape index (κ2) is 14.4. The molecule has 1 aromatic rings. The average Bonchev–Trinajstić information content (AvgIpc) is 2.66. The number of hydrogen-bond donors (Lipinski definition) is 3. The van der Waals surface area contributed by atoms with Gasteiger partial charge in [0.25, 0.3) is 0 Å². The van der Waals surface area contributed by atoms with Crippen molar-refractivity contribution in [1.29, 1.82) is 0 Å². The second-order valence-electron chi connectivity index (χ2n) is 6.29. The number of carbonyl (C=O) groups is 3. The van der Waals surface area contributed by atoms with Gasteiger partial charge in [-0.25, -0.2) is 5.48 Å². The lowest BCUT2D eigenvalue weighted by atomic mass is 10.1. The maximum atomic E-state index is 12.0. The SMILES string of the molecule is CCONC(=O)CCCCCCC(=O)Nc1cccc(OCCCC(=O)O)c1. The van der Waals surface area contributed by atoms with Gasteiger partial charge in [0.15, 0.2) is 0 Å². The standard InChI is InChI=1S/C20H30N2O6/c1-2-28-22-19(24)12-6-4-3-5-11-18(23)21-16-9-7-10-17(15-16)27-14-8-13-20(25)26/h7,9-10,15H,2-6,8,11-14H2,1H3,(H,21,23)(H,22,24)(H,25,26). The van der Waals surface area contributed by atoms with Crippen LogP contribution < -0.4 is 15.5 Å². The zero-order valence-corrected chi connectivity index (χ0v) is 16.4. The Bertz CT molecular complexity index is 620. The van der Waals surface area contributed by atoms with Gasteiger partial charge in [-0.1, -0.05) is 18.9 Å². The Kier molecular flexibility index (Phi) is 12.1. The molecule has 156 valence electrons. The van der Waals surface area contributed by atoms with E-state index in [0.717, 1.165) is 25.7 Å². The van der Waals surface area contributed by atoms with Crippen molar-refractivity contribution in [2.24, 2.45) is 0 Å². The minimum atomic E-state index is -0.849. The number of rotatable bonds is 15. The van der Waals surface area contributed by atoms with E-state index >= 15 is 0 Å². The molecule has 0 saturated heterocycles. The summed E-state index contributed by atoms with van der Waals surface area (Å²) in [5.41, 5.74) is 3.00. The molecule has 8 nitrogen and oxygen atoms in total. The van der Waals surface area contributed by atoms with Crippen molar-refractivity contribution in [1.82, 2.24) is 5.48 Å². The number of unbranched alkanes of at least 4 members (excludes halogenated alkanes) is 3. The van der Waals surface area contributed by atoms with Crippen LogP contribution in [0.2, 0.25) is 0 Å². The first-order valence-corrected chi connectivity index (χ1v) is 9.66. The molecule has 8 heteroatoms. The molecule has 2 amide bonds. The van der Waals surface area contributed by atoms with Crippen molar-refractivity contribution in [2.75, 3.05) is 18.5 Å². The second-order valence-corrected chi connectivity index (χ2v) is 6.29. The fourth-order valence-corrected chi connectivity index (χ4v) is 2.43. The zero-order chi connectivity index (χ0) is 20.6. The third-order valence-electron chi connectivity index (χ3n) is 3.81. The monoisotopic (exact) mass is 394 g/mol. The predicted molar refractivity (Wildman–Crippen MR) is 105 cm³/mol. The minimum Gasteiger partial charge on any atom is -0.494 e. The smallest absolute Gasteiger partial charge is 0.303 e.